The van der Waals surface area contributed by atoms with Crippen LogP contribution >= 0.6 is 0 Å². The minimum absolute atomic E-state index is 0.132. The molecule has 0 unspecified atom stereocenters. The molecule has 0 spiro atoms. The number of hydrogen-bond acceptors (Lipinski definition) is 3. The van der Waals surface area contributed by atoms with Gasteiger partial charge in [-0.25, -0.2) is 0 Å². The van der Waals surface area contributed by atoms with Crippen LogP contribution in [0.15, 0.2) is 42.1 Å². The van der Waals surface area contributed by atoms with Crippen LogP contribution in [0.5, 0.6) is 0 Å². The second kappa shape index (κ2) is 6.63. The van der Waals surface area contributed by atoms with E-state index in [1.54, 1.807) is 0 Å². The standard InChI is InChI=1S/C12H17N3O/c1-2-3-7-14-9-10-5-4-6-11(8-10)12(13)15-16/h2,4-6,8,14,16H,1,3,7,9H2,(H2,13,15). The van der Waals surface area contributed by atoms with Gasteiger partial charge in [-0.2, -0.15) is 0 Å². The van der Waals surface area contributed by atoms with Gasteiger partial charge in [0, 0.05) is 12.1 Å². The van der Waals surface area contributed by atoms with Gasteiger partial charge in [-0.15, -0.1) is 6.58 Å². The van der Waals surface area contributed by atoms with Crippen molar-refractivity contribution >= 4 is 5.84 Å². The molecule has 0 atom stereocenters. The van der Waals surface area contributed by atoms with Crippen molar-refractivity contribution in [1.82, 2.24) is 5.32 Å². The molecule has 0 aromatic heterocycles. The SMILES string of the molecule is C=CCCNCc1cccc(/C(N)=N\O)c1. The van der Waals surface area contributed by atoms with Gasteiger partial charge in [0.05, 0.1) is 0 Å². The van der Waals surface area contributed by atoms with Gasteiger partial charge in [-0.3, -0.25) is 0 Å². The molecule has 0 saturated carbocycles. The molecule has 0 aliphatic carbocycles. The zero-order valence-corrected chi connectivity index (χ0v) is 9.19. The third-order valence-electron chi connectivity index (χ3n) is 2.18. The molecule has 1 aromatic carbocycles. The highest BCUT2D eigenvalue weighted by molar-refractivity contribution is 5.97. The van der Waals surface area contributed by atoms with Crippen LogP contribution in [0.3, 0.4) is 0 Å². The lowest BCUT2D eigenvalue weighted by Gasteiger charge is -2.05. The van der Waals surface area contributed by atoms with E-state index in [0.717, 1.165) is 30.6 Å². The molecule has 0 fully saturated rings. The van der Waals surface area contributed by atoms with Gasteiger partial charge in [0.1, 0.15) is 0 Å². The van der Waals surface area contributed by atoms with Gasteiger partial charge in [-0.05, 0) is 24.6 Å². The number of nitrogens with two attached hydrogens (primary N) is 1. The van der Waals surface area contributed by atoms with E-state index in [1.165, 1.54) is 0 Å². The molecule has 0 radical (unpaired) electrons. The lowest BCUT2D eigenvalue weighted by molar-refractivity contribution is 0.318. The van der Waals surface area contributed by atoms with E-state index in [0.29, 0.717) is 0 Å². The zero-order valence-electron chi connectivity index (χ0n) is 9.19. The summed E-state index contributed by atoms with van der Waals surface area (Å²) in [7, 11) is 0. The van der Waals surface area contributed by atoms with Gasteiger partial charge in [-0.1, -0.05) is 29.4 Å². The van der Waals surface area contributed by atoms with Crippen molar-refractivity contribution in [2.75, 3.05) is 6.54 Å². The van der Waals surface area contributed by atoms with E-state index in [4.69, 9.17) is 10.9 Å². The van der Waals surface area contributed by atoms with Crippen LogP contribution < -0.4 is 11.1 Å². The van der Waals surface area contributed by atoms with Crippen molar-refractivity contribution in [3.63, 3.8) is 0 Å². The molecule has 4 heteroatoms. The summed E-state index contributed by atoms with van der Waals surface area (Å²) in [5.74, 6) is 0.132. The van der Waals surface area contributed by atoms with Crippen LogP contribution in [-0.2, 0) is 6.54 Å². The highest BCUT2D eigenvalue weighted by Gasteiger charge is 1.99. The lowest BCUT2D eigenvalue weighted by atomic mass is 10.1. The summed E-state index contributed by atoms with van der Waals surface area (Å²) >= 11 is 0. The van der Waals surface area contributed by atoms with Crippen LogP contribution in [0.2, 0.25) is 0 Å². The number of oxime groups is 1. The molecular formula is C12H17N3O. The summed E-state index contributed by atoms with van der Waals surface area (Å²) < 4.78 is 0. The Balaban J connectivity index is 2.57. The fourth-order valence-corrected chi connectivity index (χ4v) is 1.34. The number of benzene rings is 1. The van der Waals surface area contributed by atoms with Gasteiger partial charge in [0.15, 0.2) is 5.84 Å². The molecule has 0 saturated heterocycles. The van der Waals surface area contributed by atoms with Crippen molar-refractivity contribution in [3.8, 4) is 0 Å². The van der Waals surface area contributed by atoms with Crippen LogP contribution in [0.4, 0.5) is 0 Å². The van der Waals surface area contributed by atoms with Crippen LogP contribution in [0.1, 0.15) is 17.5 Å². The molecule has 0 bridgehead atoms. The second-order valence-corrected chi connectivity index (χ2v) is 3.44. The number of rotatable bonds is 6. The zero-order chi connectivity index (χ0) is 11.8. The summed E-state index contributed by atoms with van der Waals surface area (Å²) in [6.07, 6.45) is 2.82. The minimum Gasteiger partial charge on any atom is -0.409 e. The summed E-state index contributed by atoms with van der Waals surface area (Å²) in [6.45, 7) is 5.32. The highest BCUT2D eigenvalue weighted by atomic mass is 16.4. The van der Waals surface area contributed by atoms with Crippen molar-refractivity contribution in [3.05, 3.63) is 48.0 Å². The Morgan fingerprint density at radius 1 is 1.56 bits per heavy atom. The number of nitrogens with zero attached hydrogens (tertiary/aromatic N) is 1. The molecule has 16 heavy (non-hydrogen) atoms. The Morgan fingerprint density at radius 2 is 2.38 bits per heavy atom. The Morgan fingerprint density at radius 3 is 3.06 bits per heavy atom. The summed E-state index contributed by atoms with van der Waals surface area (Å²) in [5.41, 5.74) is 7.34. The van der Waals surface area contributed by atoms with Gasteiger partial charge >= 0.3 is 0 Å². The Kier molecular flexibility index (Phi) is 5.08. The number of nitrogens with one attached hydrogen (secondary N) is 1. The summed E-state index contributed by atoms with van der Waals surface area (Å²) in [4.78, 5) is 0. The van der Waals surface area contributed by atoms with E-state index < -0.39 is 0 Å². The van der Waals surface area contributed by atoms with Crippen molar-refractivity contribution in [2.45, 2.75) is 13.0 Å². The first-order valence-electron chi connectivity index (χ1n) is 5.16. The van der Waals surface area contributed by atoms with E-state index in [2.05, 4.69) is 17.1 Å². The molecule has 4 N–H and O–H groups in total. The number of amidine groups is 1. The van der Waals surface area contributed by atoms with Gasteiger partial charge in [0.2, 0.25) is 0 Å². The smallest absolute Gasteiger partial charge is 0.170 e. The number of hydrogen-bond donors (Lipinski definition) is 3. The first kappa shape index (κ1) is 12.3. The third kappa shape index (κ3) is 3.74. The average Bonchev–Trinajstić information content (AvgIpc) is 2.34. The van der Waals surface area contributed by atoms with Gasteiger partial charge in [0.25, 0.3) is 0 Å². The van der Waals surface area contributed by atoms with E-state index in [-0.39, 0.29) is 5.84 Å². The normalized spacial score (nSPS) is 11.4. The molecule has 1 rings (SSSR count). The van der Waals surface area contributed by atoms with Crippen molar-refractivity contribution in [1.29, 1.82) is 0 Å². The molecule has 0 aliphatic heterocycles. The summed E-state index contributed by atoms with van der Waals surface area (Å²) in [5, 5.41) is 14.8. The van der Waals surface area contributed by atoms with Crippen LogP contribution in [0, 0.1) is 0 Å². The largest absolute Gasteiger partial charge is 0.409 e. The van der Waals surface area contributed by atoms with Crippen molar-refractivity contribution in [2.24, 2.45) is 10.9 Å². The maximum atomic E-state index is 8.56. The molecule has 0 amide bonds. The highest BCUT2D eigenvalue weighted by Crippen LogP contribution is 2.04. The molecule has 86 valence electrons. The summed E-state index contributed by atoms with van der Waals surface area (Å²) in [6, 6.07) is 7.59. The van der Waals surface area contributed by atoms with E-state index in [1.807, 2.05) is 30.3 Å². The van der Waals surface area contributed by atoms with Gasteiger partial charge < -0.3 is 16.3 Å². The maximum absolute atomic E-state index is 8.56. The topological polar surface area (TPSA) is 70.6 Å². The fourth-order valence-electron chi connectivity index (χ4n) is 1.34. The monoisotopic (exact) mass is 219 g/mol. The Bertz CT molecular complexity index is 374. The van der Waals surface area contributed by atoms with Crippen molar-refractivity contribution < 1.29 is 5.21 Å². The van der Waals surface area contributed by atoms with Crippen LogP contribution in [0.25, 0.3) is 0 Å². The lowest BCUT2D eigenvalue weighted by Crippen LogP contribution is -2.16. The quantitative estimate of drug-likeness (QED) is 0.169. The first-order chi connectivity index (χ1) is 7.77. The molecular weight excluding hydrogens is 202 g/mol. The predicted octanol–water partition coefficient (Wildman–Crippen LogP) is 1.45. The predicted molar refractivity (Wildman–Crippen MR) is 65.5 cm³/mol. The molecule has 0 aliphatic rings. The minimum atomic E-state index is 0.132. The third-order valence-corrected chi connectivity index (χ3v) is 2.18. The van der Waals surface area contributed by atoms with Crippen LogP contribution in [-0.4, -0.2) is 17.6 Å². The fraction of sp³-hybridized carbons (Fsp3) is 0.250. The van der Waals surface area contributed by atoms with E-state index in [9.17, 15) is 0 Å². The second-order valence-electron chi connectivity index (χ2n) is 3.44. The Labute approximate surface area is 95.5 Å². The molecule has 0 heterocycles. The average molecular weight is 219 g/mol. The molecule has 1 aromatic rings. The Hall–Kier alpha value is -1.81. The maximum Gasteiger partial charge on any atom is 0.170 e. The van der Waals surface area contributed by atoms with E-state index >= 15 is 0 Å². The molecule has 4 nitrogen and oxygen atoms in total. The first-order valence-corrected chi connectivity index (χ1v) is 5.16.